The molecule has 1 fully saturated rings. The maximum Gasteiger partial charge on any atom is 0.113 e. The van der Waals surface area contributed by atoms with Crippen LogP contribution >= 0.6 is 0 Å². The Labute approximate surface area is 174 Å². The molecule has 1 saturated heterocycles. The fraction of sp³-hybridized carbons (Fsp3) is 0.417. The van der Waals surface area contributed by atoms with Gasteiger partial charge in [0.05, 0.1) is 6.20 Å². The molecule has 5 heteroatoms. The molecule has 29 heavy (non-hydrogen) atoms. The summed E-state index contributed by atoms with van der Waals surface area (Å²) >= 11 is 0. The summed E-state index contributed by atoms with van der Waals surface area (Å²) in [5, 5.41) is 8.69. The molecule has 0 radical (unpaired) electrons. The van der Waals surface area contributed by atoms with Crippen molar-refractivity contribution in [1.82, 2.24) is 19.9 Å². The second-order valence-electron chi connectivity index (χ2n) is 8.13. The zero-order chi connectivity index (χ0) is 20.2. The van der Waals surface area contributed by atoms with E-state index in [9.17, 15) is 0 Å². The number of piperazine rings is 1. The minimum absolute atomic E-state index is 0.913. The van der Waals surface area contributed by atoms with Crippen LogP contribution in [0.2, 0.25) is 0 Å². The average Bonchev–Trinajstić information content (AvgIpc) is 3.20. The summed E-state index contributed by atoms with van der Waals surface area (Å²) < 4.78 is 1.98. The first-order valence-corrected chi connectivity index (χ1v) is 10.6. The summed E-state index contributed by atoms with van der Waals surface area (Å²) in [5.41, 5.74) is 7.47. The highest BCUT2D eigenvalue weighted by molar-refractivity contribution is 5.61. The molecule has 5 nitrogen and oxygen atoms in total. The van der Waals surface area contributed by atoms with Crippen molar-refractivity contribution in [2.24, 2.45) is 0 Å². The molecule has 4 rings (SSSR count). The van der Waals surface area contributed by atoms with Crippen LogP contribution in [0.25, 0.3) is 11.3 Å². The molecule has 0 amide bonds. The Bertz CT molecular complexity index is 953. The van der Waals surface area contributed by atoms with Gasteiger partial charge in [-0.15, -0.1) is 5.10 Å². The zero-order valence-corrected chi connectivity index (χ0v) is 17.8. The molecule has 0 spiro atoms. The minimum atomic E-state index is 0.913. The topological polar surface area (TPSA) is 37.2 Å². The summed E-state index contributed by atoms with van der Waals surface area (Å²) in [6.07, 6.45) is 3.17. The number of benzene rings is 2. The lowest BCUT2D eigenvalue weighted by molar-refractivity contribution is 0.249. The van der Waals surface area contributed by atoms with Crippen molar-refractivity contribution < 1.29 is 0 Å². The second kappa shape index (κ2) is 8.78. The third-order valence-electron chi connectivity index (χ3n) is 6.05. The van der Waals surface area contributed by atoms with Crippen LogP contribution in [0.15, 0.2) is 48.7 Å². The van der Waals surface area contributed by atoms with E-state index in [1.54, 1.807) is 0 Å². The molecule has 0 N–H and O–H groups in total. The van der Waals surface area contributed by atoms with Crippen molar-refractivity contribution in [3.63, 3.8) is 0 Å². The highest BCUT2D eigenvalue weighted by Crippen LogP contribution is 2.21. The molecule has 0 atom stereocenters. The molecule has 1 aliphatic heterocycles. The van der Waals surface area contributed by atoms with Gasteiger partial charge in [0.2, 0.25) is 0 Å². The number of anilines is 1. The lowest BCUT2D eigenvalue weighted by atomic mass is 10.1. The molecule has 3 aromatic rings. The fourth-order valence-corrected chi connectivity index (χ4v) is 4.00. The van der Waals surface area contributed by atoms with Gasteiger partial charge in [0.25, 0.3) is 0 Å². The lowest BCUT2D eigenvalue weighted by Crippen LogP contribution is -2.46. The van der Waals surface area contributed by atoms with Gasteiger partial charge in [-0.05, 0) is 56.0 Å². The zero-order valence-electron chi connectivity index (χ0n) is 17.8. The van der Waals surface area contributed by atoms with E-state index in [2.05, 4.69) is 89.5 Å². The van der Waals surface area contributed by atoms with Crippen LogP contribution < -0.4 is 4.90 Å². The largest absolute Gasteiger partial charge is 0.369 e. The van der Waals surface area contributed by atoms with Crippen LogP contribution in [-0.4, -0.2) is 52.6 Å². The molecular weight excluding hydrogens is 358 g/mol. The summed E-state index contributed by atoms with van der Waals surface area (Å²) in [5.74, 6) is 0. The Morgan fingerprint density at radius 3 is 2.38 bits per heavy atom. The molecule has 1 aromatic heterocycles. The van der Waals surface area contributed by atoms with Crippen molar-refractivity contribution in [2.45, 2.75) is 33.7 Å². The standard InChI is InChI=1S/C24H31N5/c1-19-9-10-22(17-21(19)3)28-15-13-27(14-16-28)11-6-12-29-18-24(25-26-29)23-8-5-4-7-20(23)2/h4-5,7-10,17-18H,6,11-16H2,1-3H3. The van der Waals surface area contributed by atoms with E-state index in [1.807, 2.05) is 4.68 Å². The van der Waals surface area contributed by atoms with E-state index >= 15 is 0 Å². The average molecular weight is 390 g/mol. The van der Waals surface area contributed by atoms with Crippen LogP contribution in [0, 0.1) is 20.8 Å². The van der Waals surface area contributed by atoms with E-state index in [4.69, 9.17) is 0 Å². The molecular formula is C24H31N5. The predicted octanol–water partition coefficient (Wildman–Crippen LogP) is 4.08. The first kappa shape index (κ1) is 19.6. The molecule has 0 saturated carbocycles. The maximum absolute atomic E-state index is 4.36. The van der Waals surface area contributed by atoms with Gasteiger partial charge in [-0.3, -0.25) is 9.58 Å². The van der Waals surface area contributed by atoms with E-state index in [0.717, 1.165) is 51.4 Å². The maximum atomic E-state index is 4.36. The summed E-state index contributed by atoms with van der Waals surface area (Å²) in [6, 6.07) is 15.2. The summed E-state index contributed by atoms with van der Waals surface area (Å²) in [6.45, 7) is 13.0. The van der Waals surface area contributed by atoms with Gasteiger partial charge >= 0.3 is 0 Å². The number of hydrogen-bond donors (Lipinski definition) is 0. The summed E-state index contributed by atoms with van der Waals surface area (Å²) in [4.78, 5) is 5.07. The van der Waals surface area contributed by atoms with Gasteiger partial charge in [0.15, 0.2) is 0 Å². The van der Waals surface area contributed by atoms with Crippen molar-refractivity contribution in [3.8, 4) is 11.3 Å². The first-order chi connectivity index (χ1) is 14.1. The van der Waals surface area contributed by atoms with Gasteiger partial charge in [-0.2, -0.15) is 0 Å². The SMILES string of the molecule is Cc1ccc(N2CCN(CCCn3cc(-c4ccccc4C)nn3)CC2)cc1C. The Kier molecular flexibility index (Phi) is 5.95. The van der Waals surface area contributed by atoms with E-state index in [1.165, 1.54) is 27.9 Å². The van der Waals surface area contributed by atoms with Crippen LogP contribution in [0.5, 0.6) is 0 Å². The Balaban J connectivity index is 1.24. The van der Waals surface area contributed by atoms with Crippen molar-refractivity contribution in [3.05, 3.63) is 65.4 Å². The summed E-state index contributed by atoms with van der Waals surface area (Å²) in [7, 11) is 0. The smallest absolute Gasteiger partial charge is 0.113 e. The van der Waals surface area contributed by atoms with Crippen LogP contribution in [0.4, 0.5) is 5.69 Å². The van der Waals surface area contributed by atoms with Crippen molar-refractivity contribution in [2.75, 3.05) is 37.6 Å². The van der Waals surface area contributed by atoms with Gasteiger partial charge in [0, 0.05) is 50.5 Å². The monoisotopic (exact) mass is 389 g/mol. The van der Waals surface area contributed by atoms with Gasteiger partial charge in [-0.25, -0.2) is 0 Å². The number of aromatic nitrogens is 3. The molecule has 0 unspecified atom stereocenters. The normalized spacial score (nSPS) is 15.1. The van der Waals surface area contributed by atoms with E-state index < -0.39 is 0 Å². The molecule has 0 aliphatic carbocycles. The third-order valence-corrected chi connectivity index (χ3v) is 6.05. The minimum Gasteiger partial charge on any atom is -0.369 e. The quantitative estimate of drug-likeness (QED) is 0.637. The molecule has 2 heterocycles. The van der Waals surface area contributed by atoms with E-state index in [-0.39, 0.29) is 0 Å². The van der Waals surface area contributed by atoms with Crippen LogP contribution in [0.1, 0.15) is 23.1 Å². The Hall–Kier alpha value is -2.66. The van der Waals surface area contributed by atoms with Crippen LogP contribution in [0.3, 0.4) is 0 Å². The Morgan fingerprint density at radius 1 is 0.828 bits per heavy atom. The van der Waals surface area contributed by atoms with Gasteiger partial charge in [-0.1, -0.05) is 35.5 Å². The predicted molar refractivity (Wildman–Crippen MR) is 119 cm³/mol. The lowest BCUT2D eigenvalue weighted by Gasteiger charge is -2.36. The molecule has 152 valence electrons. The highest BCUT2D eigenvalue weighted by Gasteiger charge is 2.17. The molecule has 1 aliphatic rings. The number of nitrogens with zero attached hydrogens (tertiary/aromatic N) is 5. The number of aryl methyl sites for hydroxylation is 4. The Morgan fingerprint density at radius 2 is 1.62 bits per heavy atom. The molecule has 0 bridgehead atoms. The number of hydrogen-bond acceptors (Lipinski definition) is 4. The molecule has 2 aromatic carbocycles. The highest BCUT2D eigenvalue weighted by atomic mass is 15.4. The first-order valence-electron chi connectivity index (χ1n) is 10.6. The fourth-order valence-electron chi connectivity index (χ4n) is 4.00. The van der Waals surface area contributed by atoms with E-state index in [0.29, 0.717) is 0 Å². The van der Waals surface area contributed by atoms with Gasteiger partial charge in [0.1, 0.15) is 5.69 Å². The van der Waals surface area contributed by atoms with Gasteiger partial charge < -0.3 is 4.90 Å². The van der Waals surface area contributed by atoms with Crippen molar-refractivity contribution in [1.29, 1.82) is 0 Å². The third kappa shape index (κ3) is 4.67. The number of rotatable bonds is 6. The van der Waals surface area contributed by atoms with Crippen LogP contribution in [-0.2, 0) is 6.54 Å². The second-order valence-corrected chi connectivity index (χ2v) is 8.13. The van der Waals surface area contributed by atoms with Crippen molar-refractivity contribution >= 4 is 5.69 Å².